The van der Waals surface area contributed by atoms with Crippen LogP contribution in [0, 0.1) is 0 Å². The van der Waals surface area contributed by atoms with Crippen molar-refractivity contribution in [3.63, 3.8) is 0 Å². The molecule has 1 heterocycles. The molecule has 3 heteroatoms. The maximum Gasteiger partial charge on any atom is 0.0864 e. The highest BCUT2D eigenvalue weighted by molar-refractivity contribution is 9.10. The fraction of sp³-hybridized carbons (Fsp3) is 0.0952. The maximum atomic E-state index is 4.95. The van der Waals surface area contributed by atoms with E-state index in [1.54, 1.807) is 0 Å². The van der Waals surface area contributed by atoms with Crippen LogP contribution >= 0.6 is 15.9 Å². The first-order chi connectivity index (χ1) is 11.8. The number of nitrogens with zero attached hydrogens (tertiary/aromatic N) is 1. The van der Waals surface area contributed by atoms with E-state index in [-0.39, 0.29) is 6.04 Å². The van der Waals surface area contributed by atoms with Crippen molar-refractivity contribution in [2.75, 3.05) is 5.32 Å². The molecule has 3 aromatic rings. The number of nitrogens with one attached hydrogen (secondary N) is 1. The number of fused-ring (bicyclic) bond motifs is 1. The maximum absolute atomic E-state index is 4.95. The molecule has 1 aliphatic heterocycles. The number of halogens is 1. The zero-order valence-corrected chi connectivity index (χ0v) is 14.7. The topological polar surface area (TPSA) is 24.4 Å². The van der Waals surface area contributed by atoms with Gasteiger partial charge in [-0.2, -0.15) is 0 Å². The molecule has 24 heavy (non-hydrogen) atoms. The first-order valence-electron chi connectivity index (χ1n) is 8.03. The number of benzene rings is 3. The second-order valence-corrected chi connectivity index (χ2v) is 6.81. The average molecular weight is 377 g/mol. The van der Waals surface area contributed by atoms with Crippen LogP contribution in [0.5, 0.6) is 0 Å². The lowest BCUT2D eigenvalue weighted by Crippen LogP contribution is -2.14. The van der Waals surface area contributed by atoms with Crippen molar-refractivity contribution in [2.45, 2.75) is 12.5 Å². The van der Waals surface area contributed by atoms with E-state index >= 15 is 0 Å². The van der Waals surface area contributed by atoms with Crippen molar-refractivity contribution in [2.24, 2.45) is 4.99 Å². The summed E-state index contributed by atoms with van der Waals surface area (Å²) >= 11 is 3.51. The standard InChI is InChI=1S/C21H17BrN2/c22-17-12-10-16(11-13-17)21-14-20(15-6-2-1-3-7-15)23-18-8-4-5-9-19(18)24-21/h1-13,20,23H,14H2/t20-/m1/s1. The minimum Gasteiger partial charge on any atom is -0.376 e. The van der Waals surface area contributed by atoms with E-state index in [0.29, 0.717) is 0 Å². The predicted octanol–water partition coefficient (Wildman–Crippen LogP) is 6.13. The summed E-state index contributed by atoms with van der Waals surface area (Å²) in [4.78, 5) is 4.95. The van der Waals surface area contributed by atoms with Gasteiger partial charge in [-0.05, 0) is 35.4 Å². The molecule has 0 amide bonds. The molecule has 0 saturated heterocycles. The Morgan fingerprint density at radius 1 is 0.833 bits per heavy atom. The number of hydrogen-bond donors (Lipinski definition) is 1. The molecule has 0 bridgehead atoms. The van der Waals surface area contributed by atoms with Crippen molar-refractivity contribution in [1.29, 1.82) is 0 Å². The third kappa shape index (κ3) is 3.13. The van der Waals surface area contributed by atoms with E-state index in [9.17, 15) is 0 Å². The Morgan fingerprint density at radius 3 is 2.33 bits per heavy atom. The molecule has 1 atom stereocenters. The molecule has 118 valence electrons. The van der Waals surface area contributed by atoms with Crippen LogP contribution in [0.3, 0.4) is 0 Å². The summed E-state index contributed by atoms with van der Waals surface area (Å²) in [6.45, 7) is 0. The summed E-state index contributed by atoms with van der Waals surface area (Å²) in [5.74, 6) is 0. The van der Waals surface area contributed by atoms with Crippen molar-refractivity contribution < 1.29 is 0 Å². The highest BCUT2D eigenvalue weighted by atomic mass is 79.9. The number of hydrogen-bond acceptors (Lipinski definition) is 2. The number of rotatable bonds is 2. The van der Waals surface area contributed by atoms with E-state index in [2.05, 4.69) is 88.0 Å². The minimum atomic E-state index is 0.206. The smallest absolute Gasteiger partial charge is 0.0864 e. The molecular weight excluding hydrogens is 360 g/mol. The van der Waals surface area contributed by atoms with Crippen molar-refractivity contribution in [3.8, 4) is 0 Å². The van der Waals surface area contributed by atoms with Gasteiger partial charge in [0.2, 0.25) is 0 Å². The van der Waals surface area contributed by atoms with Gasteiger partial charge in [0.05, 0.1) is 23.1 Å². The van der Waals surface area contributed by atoms with Crippen LogP contribution < -0.4 is 5.32 Å². The lowest BCUT2D eigenvalue weighted by atomic mass is 9.97. The van der Waals surface area contributed by atoms with Crippen LogP contribution in [0.25, 0.3) is 0 Å². The summed E-state index contributed by atoms with van der Waals surface area (Å²) < 4.78 is 1.08. The highest BCUT2D eigenvalue weighted by Gasteiger charge is 2.20. The Kier molecular flexibility index (Phi) is 4.18. The third-order valence-electron chi connectivity index (χ3n) is 4.27. The molecule has 0 spiro atoms. The summed E-state index contributed by atoms with van der Waals surface area (Å²) in [6.07, 6.45) is 0.848. The monoisotopic (exact) mass is 376 g/mol. The van der Waals surface area contributed by atoms with E-state index in [1.165, 1.54) is 5.56 Å². The SMILES string of the molecule is Brc1ccc(C2=Nc3ccccc3N[C@@H](c3ccccc3)C2)cc1. The van der Waals surface area contributed by atoms with Crippen LogP contribution in [-0.4, -0.2) is 5.71 Å². The zero-order valence-electron chi connectivity index (χ0n) is 13.1. The Hall–Kier alpha value is -2.39. The Bertz CT molecular complexity index is 870. The molecule has 2 nitrogen and oxygen atoms in total. The first kappa shape index (κ1) is 15.2. The first-order valence-corrected chi connectivity index (χ1v) is 8.83. The highest BCUT2D eigenvalue weighted by Crippen LogP contribution is 2.35. The van der Waals surface area contributed by atoms with Crippen LogP contribution in [0.1, 0.15) is 23.6 Å². The molecule has 0 unspecified atom stereocenters. The molecule has 0 aliphatic carbocycles. The number of anilines is 1. The van der Waals surface area contributed by atoms with Gasteiger partial charge in [-0.25, -0.2) is 0 Å². The summed E-state index contributed by atoms with van der Waals surface area (Å²) in [6, 6.07) is 27.4. The summed E-state index contributed by atoms with van der Waals surface area (Å²) in [5, 5.41) is 3.66. The largest absolute Gasteiger partial charge is 0.376 e. The quantitative estimate of drug-likeness (QED) is 0.571. The Balaban J connectivity index is 1.80. The van der Waals surface area contributed by atoms with Crippen LogP contribution in [0.15, 0.2) is 88.3 Å². The number of aliphatic imine (C=N–C) groups is 1. The van der Waals surface area contributed by atoms with Crippen molar-refractivity contribution in [3.05, 3.63) is 94.5 Å². The van der Waals surface area contributed by atoms with Crippen molar-refractivity contribution >= 4 is 33.0 Å². The van der Waals surface area contributed by atoms with Gasteiger partial charge in [0.25, 0.3) is 0 Å². The third-order valence-corrected chi connectivity index (χ3v) is 4.79. The molecule has 1 N–H and O–H groups in total. The van der Waals surface area contributed by atoms with Gasteiger partial charge in [0.15, 0.2) is 0 Å². The van der Waals surface area contributed by atoms with Crippen LogP contribution in [0.4, 0.5) is 11.4 Å². The molecule has 4 rings (SSSR count). The second kappa shape index (κ2) is 6.62. The molecule has 0 aromatic heterocycles. The second-order valence-electron chi connectivity index (χ2n) is 5.89. The van der Waals surface area contributed by atoms with Gasteiger partial charge in [0, 0.05) is 10.9 Å². The van der Waals surface area contributed by atoms with E-state index < -0.39 is 0 Å². The molecular formula is C21H17BrN2. The van der Waals surface area contributed by atoms with E-state index in [1.807, 2.05) is 12.1 Å². The Morgan fingerprint density at radius 2 is 1.54 bits per heavy atom. The van der Waals surface area contributed by atoms with Crippen molar-refractivity contribution in [1.82, 2.24) is 0 Å². The van der Waals surface area contributed by atoms with E-state index in [0.717, 1.165) is 33.5 Å². The molecule has 3 aromatic carbocycles. The van der Waals surface area contributed by atoms with Gasteiger partial charge in [-0.15, -0.1) is 0 Å². The van der Waals surface area contributed by atoms with Gasteiger partial charge >= 0.3 is 0 Å². The zero-order chi connectivity index (χ0) is 16.4. The van der Waals surface area contributed by atoms with Gasteiger partial charge in [-0.3, -0.25) is 4.99 Å². The Labute approximate surface area is 150 Å². The molecule has 0 fully saturated rings. The minimum absolute atomic E-state index is 0.206. The fourth-order valence-corrected chi connectivity index (χ4v) is 3.29. The van der Waals surface area contributed by atoms with Gasteiger partial charge < -0.3 is 5.32 Å². The summed E-state index contributed by atoms with van der Waals surface area (Å²) in [5.41, 5.74) is 5.62. The molecule has 1 aliphatic rings. The van der Waals surface area contributed by atoms with Crippen LogP contribution in [0.2, 0.25) is 0 Å². The molecule has 0 saturated carbocycles. The van der Waals surface area contributed by atoms with Gasteiger partial charge in [0.1, 0.15) is 0 Å². The summed E-state index contributed by atoms with van der Waals surface area (Å²) in [7, 11) is 0. The number of para-hydroxylation sites is 2. The van der Waals surface area contributed by atoms with Gasteiger partial charge in [-0.1, -0.05) is 70.5 Å². The average Bonchev–Trinajstić information content (AvgIpc) is 2.83. The molecule has 0 radical (unpaired) electrons. The lowest BCUT2D eigenvalue weighted by molar-refractivity contribution is 0.828. The van der Waals surface area contributed by atoms with Crippen LogP contribution in [-0.2, 0) is 0 Å². The van der Waals surface area contributed by atoms with E-state index in [4.69, 9.17) is 4.99 Å². The lowest BCUT2D eigenvalue weighted by Gasteiger charge is -2.19. The predicted molar refractivity (Wildman–Crippen MR) is 104 cm³/mol. The fourth-order valence-electron chi connectivity index (χ4n) is 3.03. The normalized spacial score (nSPS) is 16.5.